The number of aromatic nitrogens is 1. The van der Waals surface area contributed by atoms with Gasteiger partial charge in [0.25, 0.3) is 5.91 Å². The average molecular weight is 357 g/mol. The van der Waals surface area contributed by atoms with Gasteiger partial charge in [-0.1, -0.05) is 6.07 Å². The van der Waals surface area contributed by atoms with Crippen molar-refractivity contribution in [2.24, 2.45) is 4.99 Å². The number of oxazole rings is 1. The zero-order chi connectivity index (χ0) is 18.4. The quantitative estimate of drug-likeness (QED) is 0.592. The van der Waals surface area contributed by atoms with Crippen molar-refractivity contribution < 1.29 is 13.6 Å². The Balaban J connectivity index is 1.43. The molecular formula is C21H15N3O3. The van der Waals surface area contributed by atoms with E-state index in [0.717, 1.165) is 27.9 Å². The molecule has 0 radical (unpaired) electrons. The summed E-state index contributed by atoms with van der Waals surface area (Å²) >= 11 is 0. The van der Waals surface area contributed by atoms with Gasteiger partial charge in [0.15, 0.2) is 11.5 Å². The topological polar surface area (TPSA) is 80.6 Å². The second-order valence-corrected chi connectivity index (χ2v) is 6.42. The summed E-state index contributed by atoms with van der Waals surface area (Å²) in [5.74, 6) is 0.373. The zero-order valence-corrected chi connectivity index (χ0v) is 14.5. The molecule has 0 spiro atoms. The second kappa shape index (κ2) is 5.95. The second-order valence-electron chi connectivity index (χ2n) is 6.42. The van der Waals surface area contributed by atoms with Crippen molar-refractivity contribution in [3.05, 3.63) is 83.1 Å². The molecule has 132 valence electrons. The highest BCUT2D eigenvalue weighted by molar-refractivity contribution is 6.16. The minimum atomic E-state index is -0.203. The molecule has 0 atom stereocenters. The summed E-state index contributed by atoms with van der Waals surface area (Å²) in [5, 5.41) is 2.95. The Morgan fingerprint density at radius 3 is 2.93 bits per heavy atom. The summed E-state index contributed by atoms with van der Waals surface area (Å²) in [7, 11) is 0. The molecule has 3 heterocycles. The molecule has 0 saturated heterocycles. The van der Waals surface area contributed by atoms with E-state index in [1.54, 1.807) is 37.6 Å². The lowest BCUT2D eigenvalue weighted by molar-refractivity contribution is 0.102. The number of nitrogens with one attached hydrogen (secondary N) is 1. The summed E-state index contributed by atoms with van der Waals surface area (Å²) < 4.78 is 10.7. The standard InChI is InChI=1S/C21H15N3O3/c1-12-23-18-5-3-13(8-19(18)27-12)21(25)24-16-4-2-14-10-22-20(17(14)9-16)15-6-7-26-11-15/h2-9,11H,10H2,1H3,(H,24,25). The van der Waals surface area contributed by atoms with Crippen LogP contribution in [-0.2, 0) is 6.54 Å². The van der Waals surface area contributed by atoms with E-state index in [1.807, 2.05) is 24.3 Å². The molecule has 1 aliphatic rings. The van der Waals surface area contributed by atoms with Crippen molar-refractivity contribution in [1.29, 1.82) is 0 Å². The first kappa shape index (κ1) is 15.6. The van der Waals surface area contributed by atoms with Gasteiger partial charge in [-0.15, -0.1) is 0 Å². The number of amides is 1. The van der Waals surface area contributed by atoms with E-state index in [9.17, 15) is 4.79 Å². The maximum Gasteiger partial charge on any atom is 0.255 e. The van der Waals surface area contributed by atoms with Gasteiger partial charge < -0.3 is 14.2 Å². The molecule has 0 fully saturated rings. The van der Waals surface area contributed by atoms with E-state index in [0.29, 0.717) is 29.3 Å². The van der Waals surface area contributed by atoms with Gasteiger partial charge in [-0.3, -0.25) is 9.79 Å². The Bertz CT molecular complexity index is 1200. The van der Waals surface area contributed by atoms with Gasteiger partial charge in [-0.25, -0.2) is 4.98 Å². The van der Waals surface area contributed by atoms with Crippen LogP contribution in [0.2, 0.25) is 0 Å². The molecule has 0 saturated carbocycles. The number of rotatable bonds is 3. The van der Waals surface area contributed by atoms with E-state index >= 15 is 0 Å². The van der Waals surface area contributed by atoms with Crippen LogP contribution in [0.4, 0.5) is 5.69 Å². The molecule has 1 N–H and O–H groups in total. The van der Waals surface area contributed by atoms with Crippen molar-refractivity contribution >= 4 is 28.4 Å². The molecule has 1 amide bonds. The fourth-order valence-electron chi connectivity index (χ4n) is 3.29. The minimum absolute atomic E-state index is 0.203. The Labute approximate surface area is 154 Å². The number of nitrogens with zero attached hydrogens (tertiary/aromatic N) is 2. The third kappa shape index (κ3) is 2.71. The normalized spacial score (nSPS) is 12.9. The highest BCUT2D eigenvalue weighted by atomic mass is 16.3. The van der Waals surface area contributed by atoms with Crippen LogP contribution in [0.5, 0.6) is 0 Å². The lowest BCUT2D eigenvalue weighted by Gasteiger charge is -2.08. The number of furan rings is 1. The SMILES string of the molecule is Cc1nc2ccc(C(=O)Nc3ccc4c(c3)C(c3ccoc3)=NC4)cc2o1. The first-order valence-electron chi connectivity index (χ1n) is 8.56. The average Bonchev–Trinajstić information content (AvgIpc) is 3.38. The number of benzene rings is 2. The molecule has 6 heteroatoms. The molecular weight excluding hydrogens is 342 g/mol. The molecule has 1 aliphatic heterocycles. The van der Waals surface area contributed by atoms with E-state index in [2.05, 4.69) is 15.3 Å². The van der Waals surface area contributed by atoms with Gasteiger partial charge in [0.2, 0.25) is 0 Å². The van der Waals surface area contributed by atoms with E-state index in [1.165, 1.54) is 0 Å². The highest BCUT2D eigenvalue weighted by Gasteiger charge is 2.19. The van der Waals surface area contributed by atoms with E-state index < -0.39 is 0 Å². The van der Waals surface area contributed by atoms with Gasteiger partial charge >= 0.3 is 0 Å². The number of carbonyl (C=O) groups excluding carboxylic acids is 1. The number of hydrogen-bond acceptors (Lipinski definition) is 5. The van der Waals surface area contributed by atoms with Crippen LogP contribution >= 0.6 is 0 Å². The third-order valence-electron chi connectivity index (χ3n) is 4.58. The molecule has 2 aromatic heterocycles. The number of aliphatic imine (C=N–C) groups is 1. The van der Waals surface area contributed by atoms with Crippen molar-refractivity contribution in [2.45, 2.75) is 13.5 Å². The van der Waals surface area contributed by atoms with Gasteiger partial charge in [-0.05, 0) is 42.0 Å². The summed E-state index contributed by atoms with van der Waals surface area (Å²) in [6.07, 6.45) is 3.30. The molecule has 0 aliphatic carbocycles. The van der Waals surface area contributed by atoms with Crippen LogP contribution in [-0.4, -0.2) is 16.6 Å². The van der Waals surface area contributed by atoms with Crippen molar-refractivity contribution in [1.82, 2.24) is 4.98 Å². The van der Waals surface area contributed by atoms with Crippen molar-refractivity contribution in [2.75, 3.05) is 5.32 Å². The molecule has 0 unspecified atom stereocenters. The number of carbonyl (C=O) groups is 1. The molecule has 0 bridgehead atoms. The fourth-order valence-corrected chi connectivity index (χ4v) is 3.29. The Kier molecular flexibility index (Phi) is 3.43. The lowest BCUT2D eigenvalue weighted by Crippen LogP contribution is -2.12. The summed E-state index contributed by atoms with van der Waals surface area (Å²) in [6, 6.07) is 12.9. The third-order valence-corrected chi connectivity index (χ3v) is 4.58. The molecule has 4 aromatic rings. The predicted molar refractivity (Wildman–Crippen MR) is 101 cm³/mol. The fraction of sp³-hybridized carbons (Fsp3) is 0.0952. The smallest absolute Gasteiger partial charge is 0.255 e. The van der Waals surface area contributed by atoms with Crippen molar-refractivity contribution in [3.8, 4) is 0 Å². The van der Waals surface area contributed by atoms with Crippen LogP contribution in [0, 0.1) is 6.92 Å². The first-order valence-corrected chi connectivity index (χ1v) is 8.56. The number of aryl methyl sites for hydroxylation is 1. The molecule has 5 rings (SSSR count). The van der Waals surface area contributed by atoms with Crippen LogP contribution in [0.25, 0.3) is 11.1 Å². The molecule has 6 nitrogen and oxygen atoms in total. The van der Waals surface area contributed by atoms with Gasteiger partial charge in [-0.2, -0.15) is 0 Å². The van der Waals surface area contributed by atoms with Crippen LogP contribution in [0.3, 0.4) is 0 Å². The van der Waals surface area contributed by atoms with E-state index in [4.69, 9.17) is 8.83 Å². The summed E-state index contributed by atoms with van der Waals surface area (Å²) in [5.41, 5.74) is 6.52. The monoisotopic (exact) mass is 357 g/mol. The number of fused-ring (bicyclic) bond motifs is 2. The Morgan fingerprint density at radius 1 is 1.15 bits per heavy atom. The number of anilines is 1. The maximum absolute atomic E-state index is 12.7. The maximum atomic E-state index is 12.7. The minimum Gasteiger partial charge on any atom is -0.472 e. The largest absolute Gasteiger partial charge is 0.472 e. The van der Waals surface area contributed by atoms with Gasteiger partial charge in [0, 0.05) is 29.3 Å². The Hall–Kier alpha value is -3.67. The first-order chi connectivity index (χ1) is 13.2. The zero-order valence-electron chi connectivity index (χ0n) is 14.5. The van der Waals surface area contributed by atoms with Crippen LogP contribution in [0.1, 0.15) is 32.9 Å². The number of hydrogen-bond donors (Lipinski definition) is 1. The van der Waals surface area contributed by atoms with Crippen LogP contribution in [0.15, 0.2) is 68.8 Å². The van der Waals surface area contributed by atoms with Crippen molar-refractivity contribution in [3.63, 3.8) is 0 Å². The molecule has 2 aromatic carbocycles. The van der Waals surface area contributed by atoms with E-state index in [-0.39, 0.29) is 5.91 Å². The van der Waals surface area contributed by atoms with Crippen LogP contribution < -0.4 is 5.32 Å². The Morgan fingerprint density at radius 2 is 2.07 bits per heavy atom. The summed E-state index contributed by atoms with van der Waals surface area (Å²) in [4.78, 5) is 21.5. The van der Waals surface area contributed by atoms with Gasteiger partial charge in [0.1, 0.15) is 5.52 Å². The van der Waals surface area contributed by atoms with Gasteiger partial charge in [0.05, 0.1) is 24.8 Å². The summed E-state index contributed by atoms with van der Waals surface area (Å²) in [6.45, 7) is 2.41. The predicted octanol–water partition coefficient (Wildman–Crippen LogP) is 4.33. The highest BCUT2D eigenvalue weighted by Crippen LogP contribution is 2.27. The molecule has 27 heavy (non-hydrogen) atoms. The lowest BCUT2D eigenvalue weighted by atomic mass is 10.0.